The van der Waals surface area contributed by atoms with E-state index in [9.17, 15) is 4.79 Å². The van der Waals surface area contributed by atoms with Gasteiger partial charge < -0.3 is 10.1 Å². The van der Waals surface area contributed by atoms with Gasteiger partial charge in [-0.2, -0.15) is 0 Å². The summed E-state index contributed by atoms with van der Waals surface area (Å²) in [4.78, 5) is 11.1. The average Bonchev–Trinajstić information content (AvgIpc) is 2.99. The van der Waals surface area contributed by atoms with Gasteiger partial charge in [0, 0.05) is 6.54 Å². The Labute approximate surface area is 76.7 Å². The number of benzene rings is 1. The molecule has 1 aromatic rings. The van der Waals surface area contributed by atoms with E-state index in [0.717, 1.165) is 12.1 Å². The Morgan fingerprint density at radius 2 is 2.15 bits per heavy atom. The standard InChI is InChI=1S/C10H11NO2/c12-10(9-6-11-9)13-7-8-4-2-1-3-5-8/h1-5,9,11H,6-7H2/t9-/m0/s1. The van der Waals surface area contributed by atoms with Crippen LogP contribution in [0, 0.1) is 0 Å². The fourth-order valence-corrected chi connectivity index (χ4v) is 1.05. The van der Waals surface area contributed by atoms with E-state index in [1.54, 1.807) is 0 Å². The lowest BCUT2D eigenvalue weighted by atomic mass is 10.2. The van der Waals surface area contributed by atoms with Gasteiger partial charge in [-0.1, -0.05) is 30.3 Å². The molecule has 1 aliphatic rings. The molecule has 3 heteroatoms. The molecule has 0 unspecified atom stereocenters. The number of hydrogen-bond acceptors (Lipinski definition) is 3. The molecule has 68 valence electrons. The van der Waals surface area contributed by atoms with Crippen molar-refractivity contribution in [2.24, 2.45) is 0 Å². The second-order valence-electron chi connectivity index (χ2n) is 3.05. The summed E-state index contributed by atoms with van der Waals surface area (Å²) in [5, 5.41) is 2.90. The van der Waals surface area contributed by atoms with Crippen LogP contribution in [0.5, 0.6) is 0 Å². The molecule has 1 saturated heterocycles. The Kier molecular flexibility index (Phi) is 2.27. The maximum atomic E-state index is 11.1. The summed E-state index contributed by atoms with van der Waals surface area (Å²) in [5.41, 5.74) is 1.02. The number of nitrogens with one attached hydrogen (secondary N) is 1. The summed E-state index contributed by atoms with van der Waals surface area (Å²) in [7, 11) is 0. The number of carbonyl (C=O) groups is 1. The smallest absolute Gasteiger partial charge is 0.324 e. The monoisotopic (exact) mass is 177 g/mol. The quantitative estimate of drug-likeness (QED) is 0.546. The highest BCUT2D eigenvalue weighted by Crippen LogP contribution is 2.04. The maximum Gasteiger partial charge on any atom is 0.324 e. The van der Waals surface area contributed by atoms with Gasteiger partial charge in [-0.15, -0.1) is 0 Å². The van der Waals surface area contributed by atoms with Crippen molar-refractivity contribution in [3.8, 4) is 0 Å². The van der Waals surface area contributed by atoms with Crippen molar-refractivity contribution >= 4 is 5.97 Å². The number of rotatable bonds is 3. The molecular formula is C10H11NO2. The highest BCUT2D eigenvalue weighted by atomic mass is 16.5. The fourth-order valence-electron chi connectivity index (χ4n) is 1.05. The Morgan fingerprint density at radius 1 is 1.46 bits per heavy atom. The number of esters is 1. The molecule has 1 aromatic carbocycles. The average molecular weight is 177 g/mol. The van der Waals surface area contributed by atoms with Crippen molar-refractivity contribution in [2.45, 2.75) is 12.6 Å². The molecule has 0 aromatic heterocycles. The molecule has 1 fully saturated rings. The summed E-state index contributed by atoms with van der Waals surface area (Å²) in [6.45, 7) is 1.13. The van der Waals surface area contributed by atoms with E-state index in [1.807, 2.05) is 30.3 Å². The zero-order valence-electron chi connectivity index (χ0n) is 7.19. The zero-order chi connectivity index (χ0) is 9.10. The van der Waals surface area contributed by atoms with E-state index in [1.165, 1.54) is 0 Å². The fraction of sp³-hybridized carbons (Fsp3) is 0.300. The second kappa shape index (κ2) is 3.58. The molecule has 3 nitrogen and oxygen atoms in total. The van der Waals surface area contributed by atoms with Crippen molar-refractivity contribution in [2.75, 3.05) is 6.54 Å². The van der Waals surface area contributed by atoms with Gasteiger partial charge in [0.1, 0.15) is 12.6 Å². The Bertz CT molecular complexity index is 293. The lowest BCUT2D eigenvalue weighted by molar-refractivity contribution is -0.144. The van der Waals surface area contributed by atoms with Crippen LogP contribution in [0.15, 0.2) is 30.3 Å². The topological polar surface area (TPSA) is 48.2 Å². The number of hydrogen-bond donors (Lipinski definition) is 1. The van der Waals surface area contributed by atoms with Crippen molar-refractivity contribution < 1.29 is 9.53 Å². The largest absolute Gasteiger partial charge is 0.460 e. The first-order valence-electron chi connectivity index (χ1n) is 4.30. The van der Waals surface area contributed by atoms with Crippen LogP contribution in [0.3, 0.4) is 0 Å². The molecule has 1 heterocycles. The third-order valence-electron chi connectivity index (χ3n) is 1.92. The van der Waals surface area contributed by atoms with E-state index in [0.29, 0.717) is 6.61 Å². The molecule has 0 spiro atoms. The number of carbonyl (C=O) groups excluding carboxylic acids is 1. The number of ether oxygens (including phenoxy) is 1. The summed E-state index contributed by atoms with van der Waals surface area (Å²) in [5.74, 6) is -0.149. The van der Waals surface area contributed by atoms with Crippen molar-refractivity contribution in [3.05, 3.63) is 35.9 Å². The summed E-state index contributed by atoms with van der Waals surface area (Å²) >= 11 is 0. The molecule has 0 radical (unpaired) electrons. The van der Waals surface area contributed by atoms with Crippen LogP contribution >= 0.6 is 0 Å². The Balaban J connectivity index is 1.82. The lowest BCUT2D eigenvalue weighted by Gasteiger charge is -2.02. The third-order valence-corrected chi connectivity index (χ3v) is 1.92. The molecule has 2 rings (SSSR count). The summed E-state index contributed by atoms with van der Waals surface area (Å²) in [6, 6.07) is 9.62. The van der Waals surface area contributed by atoms with E-state index in [4.69, 9.17) is 4.74 Å². The van der Waals surface area contributed by atoms with Crippen LogP contribution in [-0.2, 0) is 16.1 Å². The minimum atomic E-state index is -0.149. The van der Waals surface area contributed by atoms with Crippen LogP contribution < -0.4 is 5.32 Å². The van der Waals surface area contributed by atoms with Gasteiger partial charge in [0.05, 0.1) is 0 Å². The summed E-state index contributed by atoms with van der Waals surface area (Å²) < 4.78 is 5.05. The third kappa shape index (κ3) is 2.29. The van der Waals surface area contributed by atoms with E-state index >= 15 is 0 Å². The van der Waals surface area contributed by atoms with Gasteiger partial charge in [0.25, 0.3) is 0 Å². The van der Waals surface area contributed by atoms with Gasteiger partial charge in [0.15, 0.2) is 0 Å². The highest BCUT2D eigenvalue weighted by molar-refractivity contribution is 5.78. The van der Waals surface area contributed by atoms with Gasteiger partial charge in [0.2, 0.25) is 0 Å². The Morgan fingerprint density at radius 3 is 2.77 bits per heavy atom. The van der Waals surface area contributed by atoms with Crippen LogP contribution in [0.4, 0.5) is 0 Å². The van der Waals surface area contributed by atoms with E-state index in [2.05, 4.69) is 5.32 Å². The molecule has 0 amide bonds. The molecule has 1 N–H and O–H groups in total. The normalized spacial score (nSPS) is 19.5. The SMILES string of the molecule is O=C(OCc1ccccc1)[C@@H]1CN1. The van der Waals surface area contributed by atoms with Gasteiger partial charge >= 0.3 is 5.97 Å². The lowest BCUT2D eigenvalue weighted by Crippen LogP contribution is -2.13. The van der Waals surface area contributed by atoms with Crippen LogP contribution in [0.2, 0.25) is 0 Å². The first-order chi connectivity index (χ1) is 6.36. The van der Waals surface area contributed by atoms with E-state index < -0.39 is 0 Å². The van der Waals surface area contributed by atoms with Crippen molar-refractivity contribution in [1.29, 1.82) is 0 Å². The first-order valence-corrected chi connectivity index (χ1v) is 4.30. The minimum absolute atomic E-state index is 0.0521. The predicted molar refractivity (Wildman–Crippen MR) is 48.0 cm³/mol. The molecule has 13 heavy (non-hydrogen) atoms. The molecule has 0 aliphatic carbocycles. The van der Waals surface area contributed by atoms with Gasteiger partial charge in [-0.05, 0) is 5.56 Å². The predicted octanol–water partition coefficient (Wildman–Crippen LogP) is 0.702. The molecule has 0 saturated carbocycles. The second-order valence-corrected chi connectivity index (χ2v) is 3.05. The van der Waals surface area contributed by atoms with Gasteiger partial charge in [-0.3, -0.25) is 4.79 Å². The summed E-state index contributed by atoms with van der Waals surface area (Å²) in [6.07, 6.45) is 0. The van der Waals surface area contributed by atoms with Crippen molar-refractivity contribution in [1.82, 2.24) is 5.32 Å². The highest BCUT2D eigenvalue weighted by Gasteiger charge is 2.30. The Hall–Kier alpha value is -1.35. The van der Waals surface area contributed by atoms with Crippen LogP contribution in [0.25, 0.3) is 0 Å². The maximum absolute atomic E-state index is 11.1. The van der Waals surface area contributed by atoms with Gasteiger partial charge in [-0.25, -0.2) is 0 Å². The zero-order valence-corrected chi connectivity index (χ0v) is 7.19. The van der Waals surface area contributed by atoms with E-state index in [-0.39, 0.29) is 12.0 Å². The molecule has 1 atom stereocenters. The molecule has 0 bridgehead atoms. The molecular weight excluding hydrogens is 166 g/mol. The minimum Gasteiger partial charge on any atom is -0.460 e. The van der Waals surface area contributed by atoms with Crippen molar-refractivity contribution in [3.63, 3.8) is 0 Å². The molecule has 1 aliphatic heterocycles. The van der Waals surface area contributed by atoms with Crippen LogP contribution in [0.1, 0.15) is 5.56 Å². The first kappa shape index (κ1) is 8.26. The van der Waals surface area contributed by atoms with Crippen LogP contribution in [-0.4, -0.2) is 18.6 Å².